The summed E-state index contributed by atoms with van der Waals surface area (Å²) in [7, 11) is 3.07. The van der Waals surface area contributed by atoms with Crippen molar-refractivity contribution in [2.75, 3.05) is 25.3 Å². The lowest BCUT2D eigenvalue weighted by Gasteiger charge is -2.13. The quantitative estimate of drug-likeness (QED) is 0.696. The Labute approximate surface area is 143 Å². The van der Waals surface area contributed by atoms with Gasteiger partial charge in [-0.3, -0.25) is 4.79 Å². The number of nitrogens with zero attached hydrogens (tertiary/aromatic N) is 4. The van der Waals surface area contributed by atoms with Gasteiger partial charge >= 0.3 is 0 Å². The number of nitrogens with two attached hydrogens (primary N) is 1. The van der Waals surface area contributed by atoms with Gasteiger partial charge in [0.1, 0.15) is 11.8 Å². The smallest absolute Gasteiger partial charge is 0.226 e. The van der Waals surface area contributed by atoms with E-state index in [9.17, 15) is 4.79 Å². The summed E-state index contributed by atoms with van der Waals surface area (Å²) in [6.07, 6.45) is 3.20. The zero-order valence-corrected chi connectivity index (χ0v) is 13.9. The van der Waals surface area contributed by atoms with E-state index in [0.29, 0.717) is 40.7 Å². The van der Waals surface area contributed by atoms with Gasteiger partial charge in [0.05, 0.1) is 26.2 Å². The van der Waals surface area contributed by atoms with Crippen LogP contribution in [0.2, 0.25) is 0 Å². The number of para-hydroxylation sites is 1. The van der Waals surface area contributed by atoms with Gasteiger partial charge in [-0.15, -0.1) is 0 Å². The van der Waals surface area contributed by atoms with Crippen LogP contribution in [0.5, 0.6) is 11.5 Å². The van der Waals surface area contributed by atoms with Crippen molar-refractivity contribution >= 4 is 28.6 Å². The molecule has 0 atom stereocenters. The lowest BCUT2D eigenvalue weighted by Crippen LogP contribution is -2.15. The lowest BCUT2D eigenvalue weighted by atomic mass is 10.2. The van der Waals surface area contributed by atoms with E-state index in [1.54, 1.807) is 36.2 Å². The standard InChI is InChI=1S/C16H18N6O3/c1-24-11-5-3-4-10(14(11)25-2)21-12(23)6-7-22-9-20-13-15(17)18-8-19-16(13)22/h3-5,8-9H,6-7H2,1-2H3,(H,21,23)(H2,17,18,19). The highest BCUT2D eigenvalue weighted by Gasteiger charge is 2.13. The van der Waals surface area contributed by atoms with Gasteiger partial charge in [-0.2, -0.15) is 0 Å². The number of hydrogen-bond acceptors (Lipinski definition) is 7. The van der Waals surface area contributed by atoms with Crippen molar-refractivity contribution in [3.8, 4) is 11.5 Å². The molecule has 3 N–H and O–H groups in total. The molecular weight excluding hydrogens is 324 g/mol. The first-order valence-electron chi connectivity index (χ1n) is 7.56. The molecule has 9 heteroatoms. The Kier molecular flexibility index (Phi) is 4.64. The number of rotatable bonds is 6. The Bertz CT molecular complexity index is 908. The van der Waals surface area contributed by atoms with Crippen LogP contribution in [-0.2, 0) is 11.3 Å². The fraction of sp³-hybridized carbons (Fsp3) is 0.250. The first kappa shape index (κ1) is 16.5. The van der Waals surface area contributed by atoms with Crippen molar-refractivity contribution in [1.29, 1.82) is 0 Å². The molecule has 0 saturated heterocycles. The molecule has 2 heterocycles. The van der Waals surface area contributed by atoms with Crippen molar-refractivity contribution in [2.45, 2.75) is 13.0 Å². The molecular formula is C16H18N6O3. The van der Waals surface area contributed by atoms with Crippen LogP contribution in [0.3, 0.4) is 0 Å². The number of carbonyl (C=O) groups is 1. The molecule has 0 aliphatic heterocycles. The van der Waals surface area contributed by atoms with Crippen molar-refractivity contribution in [2.24, 2.45) is 0 Å². The first-order chi connectivity index (χ1) is 12.1. The summed E-state index contributed by atoms with van der Waals surface area (Å²) >= 11 is 0. The number of benzene rings is 1. The van der Waals surface area contributed by atoms with Gasteiger partial charge < -0.3 is 25.1 Å². The molecule has 1 amide bonds. The van der Waals surface area contributed by atoms with E-state index >= 15 is 0 Å². The van der Waals surface area contributed by atoms with E-state index in [4.69, 9.17) is 15.2 Å². The van der Waals surface area contributed by atoms with Gasteiger partial charge in [0, 0.05) is 13.0 Å². The second-order valence-corrected chi connectivity index (χ2v) is 5.21. The van der Waals surface area contributed by atoms with E-state index in [0.717, 1.165) is 0 Å². The van der Waals surface area contributed by atoms with E-state index in [1.807, 2.05) is 0 Å². The molecule has 25 heavy (non-hydrogen) atoms. The van der Waals surface area contributed by atoms with E-state index in [1.165, 1.54) is 13.4 Å². The molecule has 0 aliphatic carbocycles. The number of carbonyl (C=O) groups excluding carboxylic acids is 1. The number of ether oxygens (including phenoxy) is 2. The van der Waals surface area contributed by atoms with Crippen LogP contribution >= 0.6 is 0 Å². The zero-order valence-electron chi connectivity index (χ0n) is 13.9. The van der Waals surface area contributed by atoms with Crippen LogP contribution in [-0.4, -0.2) is 39.6 Å². The Hall–Kier alpha value is -3.36. The average Bonchev–Trinajstić information content (AvgIpc) is 3.04. The third-order valence-electron chi connectivity index (χ3n) is 3.69. The van der Waals surface area contributed by atoms with Gasteiger partial charge in [0.15, 0.2) is 23.0 Å². The number of nitrogen functional groups attached to an aromatic ring is 1. The molecule has 0 unspecified atom stereocenters. The second kappa shape index (κ2) is 7.04. The summed E-state index contributed by atoms with van der Waals surface area (Å²) in [4.78, 5) is 24.5. The van der Waals surface area contributed by atoms with Gasteiger partial charge in [-0.1, -0.05) is 6.07 Å². The number of anilines is 2. The van der Waals surface area contributed by atoms with Gasteiger partial charge in [-0.05, 0) is 12.1 Å². The van der Waals surface area contributed by atoms with Crippen LogP contribution in [0.15, 0.2) is 30.9 Å². The normalized spacial score (nSPS) is 10.6. The minimum absolute atomic E-state index is 0.171. The van der Waals surface area contributed by atoms with Crippen molar-refractivity contribution in [3.05, 3.63) is 30.9 Å². The SMILES string of the molecule is COc1cccc(NC(=O)CCn2cnc3c(N)ncnc32)c1OC. The molecule has 1 aromatic carbocycles. The molecule has 0 aliphatic rings. The van der Waals surface area contributed by atoms with Gasteiger partial charge in [-0.25, -0.2) is 15.0 Å². The van der Waals surface area contributed by atoms with Gasteiger partial charge in [0.25, 0.3) is 0 Å². The maximum absolute atomic E-state index is 12.3. The predicted molar refractivity (Wildman–Crippen MR) is 92.5 cm³/mol. The molecule has 3 rings (SSSR count). The monoisotopic (exact) mass is 342 g/mol. The van der Waals surface area contributed by atoms with E-state index in [2.05, 4.69) is 20.3 Å². The molecule has 0 saturated carbocycles. The highest BCUT2D eigenvalue weighted by atomic mass is 16.5. The van der Waals surface area contributed by atoms with Crippen molar-refractivity contribution in [1.82, 2.24) is 19.5 Å². The summed E-state index contributed by atoms with van der Waals surface area (Å²) in [5.74, 6) is 1.17. The number of methoxy groups -OCH3 is 2. The number of amides is 1. The molecule has 0 spiro atoms. The lowest BCUT2D eigenvalue weighted by molar-refractivity contribution is -0.116. The topological polar surface area (TPSA) is 117 Å². The van der Waals surface area contributed by atoms with Crippen molar-refractivity contribution < 1.29 is 14.3 Å². The van der Waals surface area contributed by atoms with Gasteiger partial charge in [0.2, 0.25) is 5.91 Å². The summed E-state index contributed by atoms with van der Waals surface area (Å²) in [5, 5.41) is 2.82. The molecule has 0 fully saturated rings. The number of aromatic nitrogens is 4. The van der Waals surface area contributed by atoms with E-state index in [-0.39, 0.29) is 12.3 Å². The molecule has 3 aromatic rings. The summed E-state index contributed by atoms with van der Waals surface area (Å²) in [6.45, 7) is 0.408. The van der Waals surface area contributed by atoms with Crippen LogP contribution in [0, 0.1) is 0 Å². The summed E-state index contributed by atoms with van der Waals surface area (Å²) in [6, 6.07) is 5.29. The van der Waals surface area contributed by atoms with Crippen LogP contribution in [0.1, 0.15) is 6.42 Å². The summed E-state index contributed by atoms with van der Waals surface area (Å²) < 4.78 is 12.3. The molecule has 0 radical (unpaired) electrons. The van der Waals surface area contributed by atoms with Crippen LogP contribution in [0.25, 0.3) is 11.2 Å². The maximum Gasteiger partial charge on any atom is 0.226 e. The largest absolute Gasteiger partial charge is 0.493 e. The van der Waals surface area contributed by atoms with Crippen LogP contribution < -0.4 is 20.5 Å². The second-order valence-electron chi connectivity index (χ2n) is 5.21. The third-order valence-corrected chi connectivity index (χ3v) is 3.69. The third kappa shape index (κ3) is 3.30. The minimum atomic E-state index is -0.171. The fourth-order valence-electron chi connectivity index (χ4n) is 2.48. The Morgan fingerprint density at radius 1 is 1.24 bits per heavy atom. The number of aryl methyl sites for hydroxylation is 1. The average molecular weight is 342 g/mol. The Morgan fingerprint density at radius 3 is 2.84 bits per heavy atom. The minimum Gasteiger partial charge on any atom is -0.493 e. The zero-order chi connectivity index (χ0) is 17.8. The number of imidazole rings is 1. The number of nitrogens with one attached hydrogen (secondary N) is 1. The highest BCUT2D eigenvalue weighted by Crippen LogP contribution is 2.34. The molecule has 9 nitrogen and oxygen atoms in total. The number of fused-ring (bicyclic) bond motifs is 1. The van der Waals surface area contributed by atoms with Crippen molar-refractivity contribution in [3.63, 3.8) is 0 Å². The fourth-order valence-corrected chi connectivity index (χ4v) is 2.48. The highest BCUT2D eigenvalue weighted by molar-refractivity contribution is 5.93. The molecule has 2 aromatic heterocycles. The maximum atomic E-state index is 12.3. The predicted octanol–water partition coefficient (Wildman–Crippen LogP) is 1.45. The number of hydrogen-bond donors (Lipinski definition) is 2. The summed E-state index contributed by atoms with van der Waals surface area (Å²) in [5.41, 5.74) is 7.43. The Morgan fingerprint density at radius 2 is 2.08 bits per heavy atom. The molecule has 130 valence electrons. The van der Waals surface area contributed by atoms with Crippen LogP contribution in [0.4, 0.5) is 11.5 Å². The Balaban J connectivity index is 1.70. The van der Waals surface area contributed by atoms with E-state index < -0.39 is 0 Å². The molecule has 0 bridgehead atoms. The first-order valence-corrected chi connectivity index (χ1v) is 7.56.